The van der Waals surface area contributed by atoms with Gasteiger partial charge in [-0.1, -0.05) is 55.9 Å². The van der Waals surface area contributed by atoms with Gasteiger partial charge in [0.15, 0.2) is 0 Å². The molecule has 0 saturated carbocycles. The van der Waals surface area contributed by atoms with Crippen LogP contribution >= 0.6 is 11.8 Å². The lowest BCUT2D eigenvalue weighted by Gasteiger charge is -2.18. The van der Waals surface area contributed by atoms with Crippen LogP contribution in [0.15, 0.2) is 35.4 Å². The maximum atomic E-state index is 12.5. The number of hydrogen-bond donors (Lipinski definition) is 0. The number of carbonyl (C=O) groups is 2. The fourth-order valence-corrected chi connectivity index (χ4v) is 3.47. The summed E-state index contributed by atoms with van der Waals surface area (Å²) in [5.74, 6) is 0.415. The first-order chi connectivity index (χ1) is 12.8. The zero-order chi connectivity index (χ0) is 20.0. The minimum Gasteiger partial charge on any atom is -0.465 e. The molecule has 1 amide bonds. The first-order valence-electron chi connectivity index (χ1n) is 8.71. The Morgan fingerprint density at radius 2 is 1.85 bits per heavy atom. The van der Waals surface area contributed by atoms with Gasteiger partial charge in [-0.3, -0.25) is 4.79 Å². The summed E-state index contributed by atoms with van der Waals surface area (Å²) in [5, 5.41) is 0.486. The fraction of sp³-hybridized carbons (Fsp3) is 0.400. The summed E-state index contributed by atoms with van der Waals surface area (Å²) < 4.78 is 4.86. The Kier molecular flexibility index (Phi) is 7.36. The number of ether oxygens (including phenoxy) is 1. The lowest BCUT2D eigenvalue weighted by Crippen LogP contribution is -2.28. The molecule has 0 fully saturated rings. The van der Waals surface area contributed by atoms with E-state index in [4.69, 9.17) is 4.74 Å². The molecular formula is C20H25N3O3S. The number of hydrogen-bond acceptors (Lipinski definition) is 6. The van der Waals surface area contributed by atoms with Crippen LogP contribution < -0.4 is 0 Å². The third kappa shape index (κ3) is 5.53. The molecule has 144 valence electrons. The molecule has 1 aromatic heterocycles. The first-order valence-corrected chi connectivity index (χ1v) is 9.69. The van der Waals surface area contributed by atoms with Gasteiger partial charge in [-0.2, -0.15) is 0 Å². The average molecular weight is 388 g/mol. The number of aryl methyl sites for hydroxylation is 1. The van der Waals surface area contributed by atoms with E-state index >= 15 is 0 Å². The van der Waals surface area contributed by atoms with Crippen LogP contribution in [-0.4, -0.2) is 46.7 Å². The van der Waals surface area contributed by atoms with Crippen molar-refractivity contribution in [1.29, 1.82) is 0 Å². The van der Waals surface area contributed by atoms with Gasteiger partial charge in [0.25, 0.3) is 0 Å². The van der Waals surface area contributed by atoms with Crippen molar-refractivity contribution in [3.05, 3.63) is 53.0 Å². The number of carbonyl (C=O) groups excluding carboxylic acids is 2. The summed E-state index contributed by atoms with van der Waals surface area (Å²) in [5.41, 5.74) is 1.95. The largest absolute Gasteiger partial charge is 0.465 e. The van der Waals surface area contributed by atoms with Crippen LogP contribution in [0.4, 0.5) is 0 Å². The van der Waals surface area contributed by atoms with E-state index in [1.807, 2.05) is 44.2 Å². The van der Waals surface area contributed by atoms with Crippen LogP contribution in [0.25, 0.3) is 0 Å². The van der Waals surface area contributed by atoms with Crippen LogP contribution in [0.5, 0.6) is 0 Å². The number of aromatic nitrogens is 2. The third-order valence-electron chi connectivity index (χ3n) is 4.00. The molecule has 0 aliphatic heterocycles. The van der Waals surface area contributed by atoms with Crippen LogP contribution in [0.2, 0.25) is 0 Å². The number of methoxy groups -OCH3 is 1. The van der Waals surface area contributed by atoms with Gasteiger partial charge < -0.3 is 9.64 Å². The summed E-state index contributed by atoms with van der Waals surface area (Å²) in [4.78, 5) is 35.2. The summed E-state index contributed by atoms with van der Waals surface area (Å²) in [7, 11) is 3.09. The highest BCUT2D eigenvalue weighted by Gasteiger charge is 2.22. The van der Waals surface area contributed by atoms with E-state index in [2.05, 4.69) is 9.97 Å². The Labute approximate surface area is 164 Å². The van der Waals surface area contributed by atoms with Gasteiger partial charge in [-0.25, -0.2) is 14.8 Å². The number of esters is 1. The normalized spacial score (nSPS) is 10.7. The Morgan fingerprint density at radius 3 is 2.44 bits per heavy atom. The topological polar surface area (TPSA) is 72.4 Å². The molecule has 7 heteroatoms. The van der Waals surface area contributed by atoms with E-state index < -0.39 is 5.97 Å². The molecule has 0 atom stereocenters. The summed E-state index contributed by atoms with van der Waals surface area (Å²) in [6.45, 7) is 6.26. The molecule has 2 aromatic rings. The minimum absolute atomic E-state index is 0.0398. The van der Waals surface area contributed by atoms with Crippen molar-refractivity contribution in [2.24, 2.45) is 0 Å². The lowest BCUT2D eigenvalue weighted by molar-refractivity contribution is -0.127. The molecule has 0 spiro atoms. The summed E-state index contributed by atoms with van der Waals surface area (Å²) >= 11 is 1.24. The second-order valence-corrected chi connectivity index (χ2v) is 7.48. The van der Waals surface area contributed by atoms with Crippen molar-refractivity contribution in [3.63, 3.8) is 0 Å². The fourth-order valence-electron chi connectivity index (χ4n) is 2.45. The second-order valence-electron chi connectivity index (χ2n) is 6.52. The van der Waals surface area contributed by atoms with Crippen LogP contribution in [-0.2, 0) is 16.1 Å². The van der Waals surface area contributed by atoms with Crippen molar-refractivity contribution in [3.8, 4) is 0 Å². The van der Waals surface area contributed by atoms with Crippen molar-refractivity contribution in [2.45, 2.75) is 38.3 Å². The monoisotopic (exact) mass is 387 g/mol. The van der Waals surface area contributed by atoms with Crippen molar-refractivity contribution in [2.75, 3.05) is 19.9 Å². The number of thioether (sulfide) groups is 1. The predicted molar refractivity (Wildman–Crippen MR) is 106 cm³/mol. The molecule has 0 bridgehead atoms. The predicted octanol–water partition coefficient (Wildman–Crippen LogP) is 3.45. The molecule has 27 heavy (non-hydrogen) atoms. The summed E-state index contributed by atoms with van der Waals surface area (Å²) in [6.07, 6.45) is 0. The Balaban J connectivity index is 2.15. The van der Waals surface area contributed by atoms with Gasteiger partial charge in [-0.15, -0.1) is 0 Å². The first kappa shape index (κ1) is 20.9. The van der Waals surface area contributed by atoms with Crippen molar-refractivity contribution < 1.29 is 14.3 Å². The molecule has 0 unspecified atom stereocenters. The van der Waals surface area contributed by atoms with E-state index in [1.165, 1.54) is 18.9 Å². The smallest absolute Gasteiger partial charge is 0.342 e. The maximum absolute atomic E-state index is 12.5. The molecule has 0 N–H and O–H groups in total. The molecule has 2 rings (SSSR count). The number of rotatable bonds is 7. The minimum atomic E-state index is -0.490. The molecule has 1 aromatic carbocycles. The number of nitrogens with zero attached hydrogens (tertiary/aromatic N) is 3. The maximum Gasteiger partial charge on any atom is 0.342 e. The molecule has 1 heterocycles. The van der Waals surface area contributed by atoms with Crippen LogP contribution in [0.1, 0.15) is 47.2 Å². The highest BCUT2D eigenvalue weighted by atomic mass is 32.2. The van der Waals surface area contributed by atoms with Crippen molar-refractivity contribution in [1.82, 2.24) is 14.9 Å². The van der Waals surface area contributed by atoms with E-state index in [0.717, 1.165) is 5.56 Å². The Morgan fingerprint density at radius 1 is 1.19 bits per heavy atom. The van der Waals surface area contributed by atoms with Gasteiger partial charge in [0.05, 0.1) is 18.6 Å². The van der Waals surface area contributed by atoms with Gasteiger partial charge in [0, 0.05) is 19.5 Å². The average Bonchev–Trinajstić information content (AvgIpc) is 2.65. The summed E-state index contributed by atoms with van der Waals surface area (Å²) in [6, 6.07) is 9.80. The van der Waals surface area contributed by atoms with E-state index in [0.29, 0.717) is 28.7 Å². The van der Waals surface area contributed by atoms with Crippen molar-refractivity contribution >= 4 is 23.6 Å². The van der Waals surface area contributed by atoms with Gasteiger partial charge >= 0.3 is 5.97 Å². The third-order valence-corrected chi connectivity index (χ3v) is 4.96. The highest BCUT2D eigenvalue weighted by molar-refractivity contribution is 8.00. The van der Waals surface area contributed by atoms with Gasteiger partial charge in [0.1, 0.15) is 16.4 Å². The molecule has 0 aliphatic rings. The zero-order valence-electron chi connectivity index (χ0n) is 16.4. The SMILES string of the molecule is COC(=O)c1c(C)nc(C(C)C)nc1SCC(=O)N(C)Cc1ccccc1. The quantitative estimate of drug-likeness (QED) is 0.412. The number of benzene rings is 1. The molecule has 0 saturated heterocycles. The van der Waals surface area contributed by atoms with Gasteiger partial charge in [0.2, 0.25) is 5.91 Å². The van der Waals surface area contributed by atoms with E-state index in [1.54, 1.807) is 18.9 Å². The van der Waals surface area contributed by atoms with Gasteiger partial charge in [-0.05, 0) is 12.5 Å². The number of amides is 1. The molecule has 0 aliphatic carbocycles. The molecular weight excluding hydrogens is 362 g/mol. The van der Waals surface area contributed by atoms with Crippen LogP contribution in [0, 0.1) is 6.92 Å². The zero-order valence-corrected chi connectivity index (χ0v) is 17.2. The molecule has 0 radical (unpaired) electrons. The Bertz CT molecular complexity index is 810. The second kappa shape index (κ2) is 9.50. The molecule has 6 nitrogen and oxygen atoms in total. The lowest BCUT2D eigenvalue weighted by atomic mass is 10.2. The van der Waals surface area contributed by atoms with Crippen LogP contribution in [0.3, 0.4) is 0 Å². The standard InChI is InChI=1S/C20H25N3O3S/c1-13(2)18-21-14(3)17(20(25)26-5)19(22-18)27-12-16(24)23(4)11-15-9-7-6-8-10-15/h6-10,13H,11-12H2,1-5H3. The highest BCUT2D eigenvalue weighted by Crippen LogP contribution is 2.26. The van der Waals surface area contributed by atoms with E-state index in [9.17, 15) is 9.59 Å². The van der Waals surface area contributed by atoms with E-state index in [-0.39, 0.29) is 17.6 Å². The Hall–Kier alpha value is -2.41.